The van der Waals surface area contributed by atoms with Crippen molar-refractivity contribution < 1.29 is 23.8 Å². The van der Waals surface area contributed by atoms with Gasteiger partial charge in [0, 0.05) is 7.11 Å². The largest absolute Gasteiger partial charge is 0.458 e. The highest BCUT2D eigenvalue weighted by atomic mass is 16.6. The number of hydrogen-bond acceptors (Lipinski definition) is 5. The summed E-state index contributed by atoms with van der Waals surface area (Å²) < 4.78 is 15.0. The van der Waals surface area contributed by atoms with Crippen molar-refractivity contribution in [1.82, 2.24) is 0 Å². The molecule has 1 atom stereocenters. The third-order valence-electron chi connectivity index (χ3n) is 2.29. The van der Waals surface area contributed by atoms with Crippen molar-refractivity contribution >= 4 is 11.9 Å². The van der Waals surface area contributed by atoms with Crippen molar-refractivity contribution in [1.29, 1.82) is 0 Å². The maximum absolute atomic E-state index is 11.8. The molecule has 1 aromatic carbocycles. The highest BCUT2D eigenvalue weighted by molar-refractivity contribution is 5.98. The summed E-state index contributed by atoms with van der Waals surface area (Å²) in [5.74, 6) is -1.51. The van der Waals surface area contributed by atoms with E-state index in [9.17, 15) is 9.59 Å². The van der Waals surface area contributed by atoms with E-state index in [1.54, 1.807) is 20.8 Å². The Morgan fingerprint density at radius 2 is 1.70 bits per heavy atom. The Bertz CT molecular complexity index is 447. The van der Waals surface area contributed by atoms with Crippen molar-refractivity contribution in [2.75, 3.05) is 7.11 Å². The molecule has 1 rings (SSSR count). The molecule has 0 bridgehead atoms. The first-order valence-electron chi connectivity index (χ1n) is 6.29. The minimum atomic E-state index is -1.36. The fourth-order valence-corrected chi connectivity index (χ4v) is 1.45. The van der Waals surface area contributed by atoms with E-state index in [-0.39, 0.29) is 6.61 Å². The topological polar surface area (TPSA) is 61.8 Å². The third-order valence-corrected chi connectivity index (χ3v) is 2.29. The van der Waals surface area contributed by atoms with E-state index in [4.69, 9.17) is 14.2 Å². The lowest BCUT2D eigenvalue weighted by Gasteiger charge is -2.22. The summed E-state index contributed by atoms with van der Waals surface area (Å²) in [5, 5.41) is 0. The van der Waals surface area contributed by atoms with Crippen molar-refractivity contribution in [3.05, 3.63) is 35.9 Å². The third kappa shape index (κ3) is 5.40. The van der Waals surface area contributed by atoms with Crippen LogP contribution in [-0.2, 0) is 30.4 Å². The fraction of sp³-hybridized carbons (Fsp3) is 0.467. The van der Waals surface area contributed by atoms with Gasteiger partial charge in [0.1, 0.15) is 12.2 Å². The predicted octanol–water partition coefficient (Wildman–Crippen LogP) is 2.09. The van der Waals surface area contributed by atoms with Crippen LogP contribution in [0.1, 0.15) is 26.3 Å². The second-order valence-corrected chi connectivity index (χ2v) is 5.24. The van der Waals surface area contributed by atoms with Crippen LogP contribution in [0.2, 0.25) is 0 Å². The molecule has 0 amide bonds. The molecule has 20 heavy (non-hydrogen) atoms. The van der Waals surface area contributed by atoms with Crippen molar-refractivity contribution in [2.24, 2.45) is 0 Å². The average Bonchev–Trinajstić information content (AvgIpc) is 2.36. The molecule has 0 aromatic heterocycles. The van der Waals surface area contributed by atoms with Gasteiger partial charge in [-0.2, -0.15) is 0 Å². The van der Waals surface area contributed by atoms with Gasteiger partial charge in [-0.05, 0) is 26.3 Å². The highest BCUT2D eigenvalue weighted by Gasteiger charge is 2.32. The van der Waals surface area contributed by atoms with Gasteiger partial charge >= 0.3 is 11.9 Å². The quantitative estimate of drug-likeness (QED) is 0.610. The first-order chi connectivity index (χ1) is 9.33. The monoisotopic (exact) mass is 280 g/mol. The summed E-state index contributed by atoms with van der Waals surface area (Å²) in [6.07, 6.45) is -1.36. The van der Waals surface area contributed by atoms with Gasteiger partial charge < -0.3 is 14.2 Å². The van der Waals surface area contributed by atoms with Crippen molar-refractivity contribution in [3.63, 3.8) is 0 Å². The first kappa shape index (κ1) is 16.2. The molecule has 0 aliphatic heterocycles. The van der Waals surface area contributed by atoms with Gasteiger partial charge in [-0.25, -0.2) is 9.59 Å². The average molecular weight is 280 g/mol. The van der Waals surface area contributed by atoms with Gasteiger partial charge in [0.05, 0.1) is 0 Å². The number of carbonyl (C=O) groups is 2. The van der Waals surface area contributed by atoms with E-state index in [1.165, 1.54) is 7.11 Å². The summed E-state index contributed by atoms with van der Waals surface area (Å²) in [7, 11) is 1.26. The summed E-state index contributed by atoms with van der Waals surface area (Å²) in [6.45, 7) is 5.23. The molecule has 0 aliphatic carbocycles. The fourth-order valence-electron chi connectivity index (χ4n) is 1.45. The molecule has 0 spiro atoms. The van der Waals surface area contributed by atoms with Gasteiger partial charge in [0.15, 0.2) is 0 Å². The number of benzene rings is 1. The Labute approximate surface area is 118 Å². The van der Waals surface area contributed by atoms with Gasteiger partial charge in [0.25, 0.3) is 6.10 Å². The van der Waals surface area contributed by atoms with Crippen LogP contribution in [-0.4, -0.2) is 30.8 Å². The zero-order valence-corrected chi connectivity index (χ0v) is 12.2. The van der Waals surface area contributed by atoms with E-state index < -0.39 is 23.6 Å². The Balaban J connectivity index is 2.57. The van der Waals surface area contributed by atoms with Crippen LogP contribution >= 0.6 is 0 Å². The van der Waals surface area contributed by atoms with Crippen LogP contribution in [0, 0.1) is 0 Å². The second-order valence-electron chi connectivity index (χ2n) is 5.24. The minimum Gasteiger partial charge on any atom is -0.458 e. The Hall–Kier alpha value is -1.88. The van der Waals surface area contributed by atoms with Gasteiger partial charge in [-0.3, -0.25) is 0 Å². The smallest absolute Gasteiger partial charge is 0.347 e. The Kier molecular flexibility index (Phi) is 5.70. The second kappa shape index (κ2) is 7.05. The van der Waals surface area contributed by atoms with Crippen LogP contribution < -0.4 is 0 Å². The van der Waals surface area contributed by atoms with Crippen molar-refractivity contribution in [2.45, 2.75) is 39.1 Å². The van der Waals surface area contributed by atoms with Crippen LogP contribution in [0.5, 0.6) is 0 Å². The van der Waals surface area contributed by atoms with Crippen LogP contribution in [0.4, 0.5) is 0 Å². The standard InChI is InChI=1S/C15H20O5/c1-15(2,3)20-14(17)12(18-4)13(16)19-10-11-8-6-5-7-9-11/h5-9,12H,10H2,1-4H3/t12-/m0/s1. The SMILES string of the molecule is CO[C@@H](C(=O)OCc1ccccc1)C(=O)OC(C)(C)C. The van der Waals surface area contributed by atoms with Crippen molar-refractivity contribution in [3.8, 4) is 0 Å². The van der Waals surface area contributed by atoms with Crippen LogP contribution in [0.25, 0.3) is 0 Å². The zero-order chi connectivity index (χ0) is 15.2. The van der Waals surface area contributed by atoms with E-state index in [0.717, 1.165) is 5.56 Å². The highest BCUT2D eigenvalue weighted by Crippen LogP contribution is 2.11. The molecule has 0 unspecified atom stereocenters. The number of esters is 2. The number of rotatable bonds is 5. The first-order valence-corrected chi connectivity index (χ1v) is 6.29. The minimum absolute atomic E-state index is 0.0856. The molecule has 0 N–H and O–H groups in total. The van der Waals surface area contributed by atoms with Crippen LogP contribution in [0.15, 0.2) is 30.3 Å². The lowest BCUT2D eigenvalue weighted by molar-refractivity contribution is -0.178. The molecular weight excluding hydrogens is 260 g/mol. The molecule has 1 aromatic rings. The lowest BCUT2D eigenvalue weighted by Crippen LogP contribution is -2.39. The summed E-state index contributed by atoms with van der Waals surface area (Å²) in [6, 6.07) is 9.19. The number of carbonyl (C=O) groups excluding carboxylic acids is 2. The molecule has 0 radical (unpaired) electrons. The molecule has 0 fully saturated rings. The summed E-state index contributed by atoms with van der Waals surface area (Å²) in [4.78, 5) is 23.6. The molecule has 0 aliphatic rings. The summed E-state index contributed by atoms with van der Waals surface area (Å²) >= 11 is 0. The lowest BCUT2D eigenvalue weighted by atomic mass is 10.2. The molecule has 5 nitrogen and oxygen atoms in total. The van der Waals surface area contributed by atoms with E-state index >= 15 is 0 Å². The normalized spacial score (nSPS) is 12.6. The van der Waals surface area contributed by atoms with Crippen LogP contribution in [0.3, 0.4) is 0 Å². The Morgan fingerprint density at radius 1 is 1.10 bits per heavy atom. The number of ether oxygens (including phenoxy) is 3. The van der Waals surface area contributed by atoms with E-state index in [2.05, 4.69) is 0 Å². The molecule has 5 heteroatoms. The molecule has 0 saturated carbocycles. The van der Waals surface area contributed by atoms with Gasteiger partial charge in [-0.1, -0.05) is 30.3 Å². The molecule has 0 heterocycles. The van der Waals surface area contributed by atoms with E-state index in [0.29, 0.717) is 0 Å². The van der Waals surface area contributed by atoms with E-state index in [1.807, 2.05) is 30.3 Å². The number of methoxy groups -OCH3 is 1. The molecule has 0 saturated heterocycles. The molecular formula is C15H20O5. The van der Waals surface area contributed by atoms with Gasteiger partial charge in [0.2, 0.25) is 0 Å². The molecule has 110 valence electrons. The zero-order valence-electron chi connectivity index (χ0n) is 12.2. The number of hydrogen-bond donors (Lipinski definition) is 0. The Morgan fingerprint density at radius 3 is 2.20 bits per heavy atom. The maximum Gasteiger partial charge on any atom is 0.347 e. The summed E-state index contributed by atoms with van der Waals surface area (Å²) in [5.41, 5.74) is 0.146. The maximum atomic E-state index is 11.8. The predicted molar refractivity (Wildman–Crippen MR) is 72.9 cm³/mol. The van der Waals surface area contributed by atoms with Gasteiger partial charge in [-0.15, -0.1) is 0 Å².